The zero-order chi connectivity index (χ0) is 13.8. The van der Waals surface area contributed by atoms with Gasteiger partial charge in [0, 0.05) is 6.54 Å². The number of nitrogens with one attached hydrogen (secondary N) is 2. The fourth-order valence-electron chi connectivity index (χ4n) is 1.26. The van der Waals surface area contributed by atoms with Crippen LogP contribution in [0.1, 0.15) is 33.3 Å². The van der Waals surface area contributed by atoms with Crippen LogP contribution in [0.25, 0.3) is 0 Å². The van der Waals surface area contributed by atoms with Gasteiger partial charge < -0.3 is 15.7 Å². The third-order valence-electron chi connectivity index (χ3n) is 3.25. The lowest BCUT2D eigenvalue weighted by atomic mass is 9.86. The Balaban J connectivity index is 2.48. The minimum absolute atomic E-state index is 0.286. The van der Waals surface area contributed by atoms with E-state index in [4.69, 9.17) is 0 Å². The van der Waals surface area contributed by atoms with Crippen molar-refractivity contribution in [3.63, 3.8) is 0 Å². The zero-order valence-corrected chi connectivity index (χ0v) is 11.4. The predicted octanol–water partition coefficient (Wildman–Crippen LogP) is 2.04. The number of benzene rings is 1. The van der Waals surface area contributed by atoms with Gasteiger partial charge in [-0.05, 0) is 33.3 Å². The average Bonchev–Trinajstić information content (AvgIpc) is 2.26. The lowest BCUT2D eigenvalue weighted by Crippen LogP contribution is -2.59. The first kappa shape index (κ1) is 14.5. The third kappa shape index (κ3) is 4.04. The highest BCUT2D eigenvalue weighted by molar-refractivity contribution is 5.74. The molecule has 0 spiro atoms. The molecule has 0 heterocycles. The highest BCUT2D eigenvalue weighted by atomic mass is 16.3. The number of amides is 2. The Kier molecular flexibility index (Phi) is 4.35. The molecule has 1 rings (SSSR count). The topological polar surface area (TPSA) is 61.4 Å². The summed E-state index contributed by atoms with van der Waals surface area (Å²) >= 11 is 0. The molecule has 0 saturated carbocycles. The van der Waals surface area contributed by atoms with E-state index in [2.05, 4.69) is 10.6 Å². The number of rotatable bonds is 4. The van der Waals surface area contributed by atoms with E-state index in [1.165, 1.54) is 0 Å². The fraction of sp³-hybridized carbons (Fsp3) is 0.500. The Bertz CT molecular complexity index is 394. The van der Waals surface area contributed by atoms with Gasteiger partial charge in [0.1, 0.15) is 0 Å². The SMILES string of the molecule is CC(C)(O)C(C)(C)NC(=O)NCc1ccccc1. The normalized spacial score (nSPS) is 12.1. The summed E-state index contributed by atoms with van der Waals surface area (Å²) in [5.74, 6) is 0. The molecule has 0 atom stereocenters. The van der Waals surface area contributed by atoms with Crippen molar-refractivity contribution < 1.29 is 9.90 Å². The van der Waals surface area contributed by atoms with Crippen LogP contribution in [0.15, 0.2) is 30.3 Å². The standard InChI is InChI=1S/C14H22N2O2/c1-13(2,14(3,4)18)16-12(17)15-10-11-8-6-5-7-9-11/h5-9,18H,10H2,1-4H3,(H2,15,16,17). The highest BCUT2D eigenvalue weighted by Crippen LogP contribution is 2.20. The van der Waals surface area contributed by atoms with Crippen LogP contribution in [0.4, 0.5) is 4.79 Å². The second-order valence-corrected chi connectivity index (χ2v) is 5.48. The molecule has 1 aromatic carbocycles. The van der Waals surface area contributed by atoms with Crippen LogP contribution in [0, 0.1) is 0 Å². The van der Waals surface area contributed by atoms with E-state index < -0.39 is 11.1 Å². The molecular formula is C14H22N2O2. The second kappa shape index (κ2) is 5.40. The number of urea groups is 1. The van der Waals surface area contributed by atoms with Crippen LogP contribution < -0.4 is 10.6 Å². The molecule has 0 aliphatic heterocycles. The molecular weight excluding hydrogens is 228 g/mol. The smallest absolute Gasteiger partial charge is 0.315 e. The Labute approximate surface area is 108 Å². The first-order valence-electron chi connectivity index (χ1n) is 6.05. The van der Waals surface area contributed by atoms with Crippen molar-refractivity contribution in [3.05, 3.63) is 35.9 Å². The van der Waals surface area contributed by atoms with Crippen molar-refractivity contribution in [1.82, 2.24) is 10.6 Å². The van der Waals surface area contributed by atoms with Gasteiger partial charge in [-0.2, -0.15) is 0 Å². The molecule has 0 aliphatic carbocycles. The first-order chi connectivity index (χ1) is 8.22. The molecule has 18 heavy (non-hydrogen) atoms. The van der Waals surface area contributed by atoms with Gasteiger partial charge in [-0.1, -0.05) is 30.3 Å². The molecule has 100 valence electrons. The van der Waals surface area contributed by atoms with E-state index in [1.54, 1.807) is 27.7 Å². The maximum atomic E-state index is 11.7. The molecule has 0 radical (unpaired) electrons. The Morgan fingerprint density at radius 2 is 1.72 bits per heavy atom. The maximum Gasteiger partial charge on any atom is 0.315 e. The zero-order valence-electron chi connectivity index (χ0n) is 11.4. The number of hydrogen-bond donors (Lipinski definition) is 3. The van der Waals surface area contributed by atoms with Gasteiger partial charge in [0.05, 0.1) is 11.1 Å². The highest BCUT2D eigenvalue weighted by Gasteiger charge is 2.36. The van der Waals surface area contributed by atoms with Crippen molar-refractivity contribution in [2.45, 2.75) is 45.4 Å². The van der Waals surface area contributed by atoms with Gasteiger partial charge in [0.25, 0.3) is 0 Å². The minimum atomic E-state index is -0.989. The third-order valence-corrected chi connectivity index (χ3v) is 3.25. The van der Waals surface area contributed by atoms with Crippen molar-refractivity contribution >= 4 is 6.03 Å². The minimum Gasteiger partial charge on any atom is -0.388 e. The van der Waals surface area contributed by atoms with Gasteiger partial charge in [-0.15, -0.1) is 0 Å². The van der Waals surface area contributed by atoms with Crippen LogP contribution in [0.3, 0.4) is 0 Å². The summed E-state index contributed by atoms with van der Waals surface area (Å²) in [5, 5.41) is 15.5. The van der Waals surface area contributed by atoms with Crippen LogP contribution in [-0.2, 0) is 6.54 Å². The largest absolute Gasteiger partial charge is 0.388 e. The molecule has 0 fully saturated rings. The quantitative estimate of drug-likeness (QED) is 0.765. The second-order valence-electron chi connectivity index (χ2n) is 5.48. The number of hydrogen-bond acceptors (Lipinski definition) is 2. The van der Waals surface area contributed by atoms with Gasteiger partial charge in [0.2, 0.25) is 0 Å². The lowest BCUT2D eigenvalue weighted by Gasteiger charge is -2.37. The van der Waals surface area contributed by atoms with E-state index in [0.717, 1.165) is 5.56 Å². The summed E-state index contributed by atoms with van der Waals surface area (Å²) in [5.41, 5.74) is -0.654. The van der Waals surface area contributed by atoms with E-state index >= 15 is 0 Å². The van der Waals surface area contributed by atoms with Gasteiger partial charge >= 0.3 is 6.03 Å². The Morgan fingerprint density at radius 3 is 2.22 bits per heavy atom. The van der Waals surface area contributed by atoms with Crippen LogP contribution in [0.5, 0.6) is 0 Å². The molecule has 1 aromatic rings. The summed E-state index contributed by atoms with van der Waals surface area (Å²) in [6, 6.07) is 9.39. The molecule has 0 aliphatic rings. The summed E-state index contributed by atoms with van der Waals surface area (Å²) in [7, 11) is 0. The molecule has 4 nitrogen and oxygen atoms in total. The molecule has 4 heteroatoms. The van der Waals surface area contributed by atoms with Gasteiger partial charge in [0.15, 0.2) is 0 Å². The summed E-state index contributed by atoms with van der Waals surface area (Å²) in [6.45, 7) is 7.38. The fourth-order valence-corrected chi connectivity index (χ4v) is 1.26. The van der Waals surface area contributed by atoms with Crippen molar-refractivity contribution in [2.24, 2.45) is 0 Å². The molecule has 3 N–H and O–H groups in total. The van der Waals surface area contributed by atoms with E-state index in [-0.39, 0.29) is 6.03 Å². The predicted molar refractivity (Wildman–Crippen MR) is 72.2 cm³/mol. The Hall–Kier alpha value is -1.55. The van der Waals surface area contributed by atoms with Crippen molar-refractivity contribution in [1.29, 1.82) is 0 Å². The summed E-state index contributed by atoms with van der Waals surface area (Å²) < 4.78 is 0. The molecule has 0 saturated heterocycles. The number of carbonyl (C=O) groups is 1. The lowest BCUT2D eigenvalue weighted by molar-refractivity contribution is 0.00101. The van der Waals surface area contributed by atoms with Crippen LogP contribution >= 0.6 is 0 Å². The van der Waals surface area contributed by atoms with Crippen molar-refractivity contribution in [3.8, 4) is 0 Å². The van der Waals surface area contributed by atoms with E-state index in [9.17, 15) is 9.90 Å². The summed E-state index contributed by atoms with van der Waals surface area (Å²) in [4.78, 5) is 11.7. The van der Waals surface area contributed by atoms with Crippen molar-refractivity contribution in [2.75, 3.05) is 0 Å². The van der Waals surface area contributed by atoms with E-state index in [1.807, 2.05) is 30.3 Å². The number of carbonyl (C=O) groups excluding carboxylic acids is 1. The molecule has 0 aromatic heterocycles. The average molecular weight is 250 g/mol. The molecule has 2 amide bonds. The molecule has 0 unspecified atom stereocenters. The van der Waals surface area contributed by atoms with E-state index in [0.29, 0.717) is 6.54 Å². The van der Waals surface area contributed by atoms with Gasteiger partial charge in [-0.3, -0.25) is 0 Å². The first-order valence-corrected chi connectivity index (χ1v) is 6.05. The maximum absolute atomic E-state index is 11.7. The van der Waals surface area contributed by atoms with Crippen LogP contribution in [0.2, 0.25) is 0 Å². The summed E-state index contributed by atoms with van der Waals surface area (Å²) in [6.07, 6.45) is 0. The van der Waals surface area contributed by atoms with Crippen LogP contribution in [-0.4, -0.2) is 22.3 Å². The molecule has 0 bridgehead atoms. The number of aliphatic hydroxyl groups is 1. The van der Waals surface area contributed by atoms with Gasteiger partial charge in [-0.25, -0.2) is 4.79 Å². The monoisotopic (exact) mass is 250 g/mol. The Morgan fingerprint density at radius 1 is 1.17 bits per heavy atom.